The molecule has 0 aromatic heterocycles. The van der Waals surface area contributed by atoms with E-state index in [0.717, 1.165) is 30.4 Å². The van der Waals surface area contributed by atoms with Crippen molar-refractivity contribution in [1.29, 1.82) is 0 Å². The Kier molecular flexibility index (Phi) is 4.97. The van der Waals surface area contributed by atoms with E-state index in [1.807, 2.05) is 11.9 Å². The summed E-state index contributed by atoms with van der Waals surface area (Å²) in [5.74, 6) is -2.60. The number of aliphatic carboxylic acids is 1. The molecule has 0 spiro atoms. The van der Waals surface area contributed by atoms with Gasteiger partial charge >= 0.3 is 5.97 Å². The zero-order valence-electron chi connectivity index (χ0n) is 14.1. The lowest BCUT2D eigenvalue weighted by molar-refractivity contribution is -0.139. The minimum atomic E-state index is -1.46. The number of nitrogens with one attached hydrogen (secondary N) is 1. The molecule has 6 nitrogen and oxygen atoms in total. The highest BCUT2D eigenvalue weighted by atomic mass is 19.1. The quantitative estimate of drug-likeness (QED) is 0.864. The van der Waals surface area contributed by atoms with E-state index in [4.69, 9.17) is 0 Å². The van der Waals surface area contributed by atoms with Gasteiger partial charge in [0.15, 0.2) is 6.04 Å². The lowest BCUT2D eigenvalue weighted by Gasteiger charge is -2.17. The van der Waals surface area contributed by atoms with Gasteiger partial charge in [-0.3, -0.25) is 9.80 Å². The normalized spacial score (nSPS) is 14.7. The van der Waals surface area contributed by atoms with Gasteiger partial charge in [0.2, 0.25) is 0 Å². The molecule has 7 heteroatoms. The van der Waals surface area contributed by atoms with Crippen LogP contribution in [0.15, 0.2) is 53.6 Å². The Morgan fingerprint density at radius 1 is 1.19 bits per heavy atom. The van der Waals surface area contributed by atoms with Gasteiger partial charge in [0.1, 0.15) is 5.82 Å². The van der Waals surface area contributed by atoms with Gasteiger partial charge < -0.3 is 10.4 Å². The molecule has 1 amide bonds. The van der Waals surface area contributed by atoms with E-state index < -0.39 is 23.7 Å². The summed E-state index contributed by atoms with van der Waals surface area (Å²) in [6.07, 6.45) is 0.894. The fourth-order valence-corrected chi connectivity index (χ4v) is 2.74. The molecule has 0 fully saturated rings. The minimum Gasteiger partial charge on any atom is -0.479 e. The van der Waals surface area contributed by atoms with Crippen molar-refractivity contribution in [2.24, 2.45) is 5.10 Å². The molecule has 1 aliphatic heterocycles. The standard InChI is InChI=1S/C19H18FN3O3/c1-12-10-11-23(22-12)14-8-6-13(7-9-14)18(24)21-17(19(25)26)15-4-2-3-5-16(15)20/h2-9,17H,10-11H2,1H3,(H,21,24)(H,25,26)/t17-/m0/s1. The number of nitrogens with zero attached hydrogens (tertiary/aromatic N) is 2. The number of halogens is 1. The van der Waals surface area contributed by atoms with Gasteiger partial charge in [-0.2, -0.15) is 5.10 Å². The number of carboxylic acid groups (broad SMARTS) is 1. The number of hydrogen-bond donors (Lipinski definition) is 2. The molecule has 3 rings (SSSR count). The lowest BCUT2D eigenvalue weighted by atomic mass is 10.1. The Bertz CT molecular complexity index is 865. The molecule has 1 aliphatic rings. The second kappa shape index (κ2) is 7.35. The van der Waals surface area contributed by atoms with Crippen molar-refractivity contribution >= 4 is 23.3 Å². The first-order valence-electron chi connectivity index (χ1n) is 8.15. The maximum Gasteiger partial charge on any atom is 0.331 e. The van der Waals surface area contributed by atoms with Gasteiger partial charge in [0.25, 0.3) is 5.91 Å². The van der Waals surface area contributed by atoms with Gasteiger partial charge in [0.05, 0.1) is 5.69 Å². The highest BCUT2D eigenvalue weighted by Crippen LogP contribution is 2.21. The summed E-state index contributed by atoms with van der Waals surface area (Å²) in [7, 11) is 0. The molecular formula is C19H18FN3O3. The van der Waals surface area contributed by atoms with Crippen molar-refractivity contribution in [2.45, 2.75) is 19.4 Å². The van der Waals surface area contributed by atoms with Crippen molar-refractivity contribution in [3.8, 4) is 0 Å². The molecule has 0 unspecified atom stereocenters. The number of carbonyl (C=O) groups excluding carboxylic acids is 1. The molecule has 0 bridgehead atoms. The molecule has 134 valence electrons. The molecule has 0 saturated heterocycles. The second-order valence-electron chi connectivity index (χ2n) is 6.02. The molecule has 2 N–H and O–H groups in total. The van der Waals surface area contributed by atoms with Crippen LogP contribution in [-0.4, -0.2) is 29.2 Å². The Balaban J connectivity index is 1.76. The molecule has 26 heavy (non-hydrogen) atoms. The highest BCUT2D eigenvalue weighted by Gasteiger charge is 2.25. The average Bonchev–Trinajstić information content (AvgIpc) is 3.06. The summed E-state index contributed by atoms with van der Waals surface area (Å²) in [4.78, 5) is 23.9. The summed E-state index contributed by atoms with van der Waals surface area (Å²) in [5, 5.41) is 18.0. The van der Waals surface area contributed by atoms with Crippen molar-refractivity contribution in [3.05, 3.63) is 65.5 Å². The smallest absolute Gasteiger partial charge is 0.331 e. The molecule has 2 aromatic rings. The van der Waals surface area contributed by atoms with Crippen LogP contribution in [0.1, 0.15) is 35.3 Å². The highest BCUT2D eigenvalue weighted by molar-refractivity contribution is 5.97. The van der Waals surface area contributed by atoms with Crippen LogP contribution in [0.4, 0.5) is 10.1 Å². The van der Waals surface area contributed by atoms with Gasteiger partial charge in [-0.1, -0.05) is 18.2 Å². The van der Waals surface area contributed by atoms with Crippen LogP contribution in [0.5, 0.6) is 0 Å². The fourth-order valence-electron chi connectivity index (χ4n) is 2.74. The third kappa shape index (κ3) is 3.72. The summed E-state index contributed by atoms with van der Waals surface area (Å²) in [6, 6.07) is 10.7. The van der Waals surface area contributed by atoms with Crippen molar-refractivity contribution in [3.63, 3.8) is 0 Å². The number of rotatable bonds is 5. The number of anilines is 1. The molecule has 0 saturated carbocycles. The number of benzene rings is 2. The Morgan fingerprint density at radius 3 is 2.46 bits per heavy atom. The number of hydrazone groups is 1. The van der Waals surface area contributed by atoms with Crippen molar-refractivity contribution < 1.29 is 19.1 Å². The van der Waals surface area contributed by atoms with E-state index in [9.17, 15) is 19.1 Å². The summed E-state index contributed by atoms with van der Waals surface area (Å²) < 4.78 is 13.9. The predicted molar refractivity (Wildman–Crippen MR) is 95.8 cm³/mol. The van der Waals surface area contributed by atoms with E-state index >= 15 is 0 Å². The van der Waals surface area contributed by atoms with E-state index in [-0.39, 0.29) is 11.1 Å². The number of hydrogen-bond acceptors (Lipinski definition) is 4. The second-order valence-corrected chi connectivity index (χ2v) is 6.02. The monoisotopic (exact) mass is 355 g/mol. The third-order valence-corrected chi connectivity index (χ3v) is 4.14. The molecule has 1 heterocycles. The van der Waals surface area contributed by atoms with Crippen LogP contribution in [-0.2, 0) is 4.79 Å². The van der Waals surface area contributed by atoms with Crippen LogP contribution in [0.3, 0.4) is 0 Å². The van der Waals surface area contributed by atoms with E-state index in [2.05, 4.69) is 10.4 Å². The lowest BCUT2D eigenvalue weighted by Crippen LogP contribution is -2.34. The maximum absolute atomic E-state index is 13.9. The molecule has 0 radical (unpaired) electrons. The van der Waals surface area contributed by atoms with E-state index in [0.29, 0.717) is 0 Å². The van der Waals surface area contributed by atoms with Crippen LogP contribution in [0.25, 0.3) is 0 Å². The summed E-state index contributed by atoms with van der Waals surface area (Å²) >= 11 is 0. The molecule has 2 aromatic carbocycles. The first-order valence-corrected chi connectivity index (χ1v) is 8.15. The van der Waals surface area contributed by atoms with Gasteiger partial charge in [-0.05, 0) is 37.3 Å². The van der Waals surface area contributed by atoms with Crippen LogP contribution in [0.2, 0.25) is 0 Å². The SMILES string of the molecule is CC1=NN(c2ccc(C(=O)N[C@H](C(=O)O)c3ccccc3F)cc2)CC1. The average molecular weight is 355 g/mol. The zero-order chi connectivity index (χ0) is 18.7. The third-order valence-electron chi connectivity index (χ3n) is 4.14. The summed E-state index contributed by atoms with van der Waals surface area (Å²) in [6.45, 7) is 2.74. The number of carboxylic acids is 1. The Morgan fingerprint density at radius 2 is 1.88 bits per heavy atom. The molecule has 0 aliphatic carbocycles. The predicted octanol–water partition coefficient (Wildman–Crippen LogP) is 2.97. The van der Waals surface area contributed by atoms with Crippen molar-refractivity contribution in [1.82, 2.24) is 5.32 Å². The van der Waals surface area contributed by atoms with E-state index in [1.165, 1.54) is 18.2 Å². The van der Waals surface area contributed by atoms with Gasteiger partial charge in [-0.15, -0.1) is 0 Å². The van der Waals surface area contributed by atoms with E-state index in [1.54, 1.807) is 24.3 Å². The fraction of sp³-hybridized carbons (Fsp3) is 0.211. The first-order chi connectivity index (χ1) is 12.5. The van der Waals surface area contributed by atoms with Gasteiger partial charge in [-0.25, -0.2) is 9.18 Å². The Hall–Kier alpha value is -3.22. The summed E-state index contributed by atoms with van der Waals surface area (Å²) in [5.41, 5.74) is 2.09. The topological polar surface area (TPSA) is 82.0 Å². The molecule has 1 atom stereocenters. The number of amides is 1. The first kappa shape index (κ1) is 17.6. The maximum atomic E-state index is 13.9. The Labute approximate surface area is 149 Å². The van der Waals surface area contributed by atoms with Crippen molar-refractivity contribution in [2.75, 3.05) is 11.6 Å². The number of carbonyl (C=O) groups is 2. The van der Waals surface area contributed by atoms with Gasteiger partial charge in [0, 0.05) is 29.8 Å². The minimum absolute atomic E-state index is 0.0909. The largest absolute Gasteiger partial charge is 0.479 e. The van der Waals surface area contributed by atoms with Crippen LogP contribution in [0, 0.1) is 5.82 Å². The zero-order valence-corrected chi connectivity index (χ0v) is 14.1. The molecular weight excluding hydrogens is 337 g/mol. The van der Waals surface area contributed by atoms with Crippen LogP contribution >= 0.6 is 0 Å². The van der Waals surface area contributed by atoms with Crippen LogP contribution < -0.4 is 10.3 Å².